The Morgan fingerprint density at radius 3 is 2.60 bits per heavy atom. The number of benzene rings is 2. The molecule has 0 saturated carbocycles. The first-order valence-electron chi connectivity index (χ1n) is 7.71. The maximum Gasteiger partial charge on any atom is 0.183 e. The second kappa shape index (κ2) is 6.37. The van der Waals surface area contributed by atoms with Crippen molar-refractivity contribution in [3.05, 3.63) is 77.6 Å². The van der Waals surface area contributed by atoms with Gasteiger partial charge in [0.1, 0.15) is 5.69 Å². The zero-order chi connectivity index (χ0) is 17.2. The summed E-state index contributed by atoms with van der Waals surface area (Å²) in [7, 11) is 0. The average molecular weight is 348 g/mol. The van der Waals surface area contributed by atoms with Crippen LogP contribution in [0.2, 0.25) is 5.02 Å². The van der Waals surface area contributed by atoms with Gasteiger partial charge in [-0.3, -0.25) is 10.1 Å². The van der Waals surface area contributed by atoms with Crippen molar-refractivity contribution in [1.82, 2.24) is 15.2 Å². The summed E-state index contributed by atoms with van der Waals surface area (Å²) in [5.41, 5.74) is 9.43. The van der Waals surface area contributed by atoms with Gasteiger partial charge in [-0.15, -0.1) is 0 Å². The number of fused-ring (bicyclic) bond motifs is 1. The Morgan fingerprint density at radius 2 is 1.84 bits per heavy atom. The third-order valence-electron chi connectivity index (χ3n) is 3.87. The molecule has 0 fully saturated rings. The lowest BCUT2D eigenvalue weighted by molar-refractivity contribution is 1.10. The van der Waals surface area contributed by atoms with Gasteiger partial charge < -0.3 is 5.73 Å². The van der Waals surface area contributed by atoms with Crippen LogP contribution in [0, 0.1) is 0 Å². The number of nitrogens with zero attached hydrogens (tertiary/aromatic N) is 3. The Kier molecular flexibility index (Phi) is 3.91. The maximum atomic E-state index is 6.43. The summed E-state index contributed by atoms with van der Waals surface area (Å²) in [6, 6.07) is 19.3. The molecule has 0 radical (unpaired) electrons. The fourth-order valence-electron chi connectivity index (χ4n) is 2.63. The fourth-order valence-corrected chi connectivity index (χ4v) is 2.91. The van der Waals surface area contributed by atoms with Crippen LogP contribution in [0.5, 0.6) is 0 Å². The van der Waals surface area contributed by atoms with E-state index in [4.69, 9.17) is 17.3 Å². The number of H-pyrrole nitrogens is 1. The number of aliphatic imine (C=N–C) groups is 1. The molecule has 2 aromatic heterocycles. The van der Waals surface area contributed by atoms with Crippen molar-refractivity contribution in [2.45, 2.75) is 0 Å². The second-order valence-corrected chi connectivity index (χ2v) is 5.91. The van der Waals surface area contributed by atoms with Crippen LogP contribution in [0.15, 0.2) is 71.9 Å². The van der Waals surface area contributed by atoms with Crippen molar-refractivity contribution in [3.63, 3.8) is 0 Å². The van der Waals surface area contributed by atoms with Crippen molar-refractivity contribution in [1.29, 1.82) is 0 Å². The fraction of sp³-hybridized carbons (Fsp3) is 0. The lowest BCUT2D eigenvalue weighted by Crippen LogP contribution is -2.14. The molecule has 4 aromatic rings. The van der Waals surface area contributed by atoms with E-state index in [2.05, 4.69) is 20.2 Å². The first-order chi connectivity index (χ1) is 12.2. The minimum atomic E-state index is 0.310. The minimum absolute atomic E-state index is 0.310. The third-order valence-corrected chi connectivity index (χ3v) is 4.18. The summed E-state index contributed by atoms with van der Waals surface area (Å²) in [6.45, 7) is 0. The topological polar surface area (TPSA) is 80.0 Å². The summed E-state index contributed by atoms with van der Waals surface area (Å²) in [6.07, 6.45) is 1.67. The molecule has 3 N–H and O–H groups in total. The van der Waals surface area contributed by atoms with Gasteiger partial charge in [0.2, 0.25) is 0 Å². The van der Waals surface area contributed by atoms with E-state index in [-0.39, 0.29) is 0 Å². The van der Waals surface area contributed by atoms with E-state index in [1.165, 1.54) is 0 Å². The monoisotopic (exact) mass is 347 g/mol. The number of rotatable bonds is 3. The predicted octanol–water partition coefficient (Wildman–Crippen LogP) is 4.32. The van der Waals surface area contributed by atoms with E-state index in [0.717, 1.165) is 22.0 Å². The molecule has 0 spiro atoms. The number of nitrogens with two attached hydrogens (primary N) is 1. The molecule has 4 rings (SSSR count). The van der Waals surface area contributed by atoms with Gasteiger partial charge in [-0.05, 0) is 29.8 Å². The smallest absolute Gasteiger partial charge is 0.183 e. The van der Waals surface area contributed by atoms with Crippen LogP contribution in [0.4, 0.5) is 5.82 Å². The van der Waals surface area contributed by atoms with E-state index in [1.54, 1.807) is 12.3 Å². The molecule has 0 atom stereocenters. The molecule has 25 heavy (non-hydrogen) atoms. The van der Waals surface area contributed by atoms with Gasteiger partial charge in [-0.2, -0.15) is 5.10 Å². The van der Waals surface area contributed by atoms with Gasteiger partial charge in [-0.1, -0.05) is 48.0 Å². The number of hydrogen-bond acceptors (Lipinski definition) is 3. The van der Waals surface area contributed by atoms with Crippen LogP contribution >= 0.6 is 11.6 Å². The molecule has 0 amide bonds. The molecular formula is C19H14ClN5. The van der Waals surface area contributed by atoms with E-state index in [9.17, 15) is 0 Å². The Bertz CT molecular complexity index is 1060. The Balaban J connectivity index is 1.84. The number of nitrogens with one attached hydrogen (secondary N) is 1. The van der Waals surface area contributed by atoms with Crippen LogP contribution in [0.25, 0.3) is 22.0 Å². The molecule has 122 valence electrons. The first kappa shape index (κ1) is 15.4. The lowest BCUT2D eigenvalue weighted by atomic mass is 10.0. The molecule has 0 saturated heterocycles. The molecule has 0 aliphatic carbocycles. The molecule has 6 heteroatoms. The van der Waals surface area contributed by atoms with Gasteiger partial charge >= 0.3 is 0 Å². The van der Waals surface area contributed by atoms with Crippen LogP contribution in [0.3, 0.4) is 0 Å². The van der Waals surface area contributed by atoms with Crippen molar-refractivity contribution < 1.29 is 0 Å². The highest BCUT2D eigenvalue weighted by molar-refractivity contribution is 6.34. The van der Waals surface area contributed by atoms with E-state index < -0.39 is 0 Å². The number of halogens is 1. The molecule has 0 bridgehead atoms. The van der Waals surface area contributed by atoms with E-state index in [1.807, 2.05) is 54.6 Å². The highest BCUT2D eigenvalue weighted by atomic mass is 35.5. The molecule has 2 heterocycles. The predicted molar refractivity (Wildman–Crippen MR) is 101 cm³/mol. The SMILES string of the molecule is NC(=Nc1n[nH]c2cc(Cl)c(-c3ccccc3)cc12)c1ccccn1. The highest BCUT2D eigenvalue weighted by Crippen LogP contribution is 2.34. The van der Waals surface area contributed by atoms with E-state index in [0.29, 0.717) is 22.4 Å². The molecule has 0 unspecified atom stereocenters. The summed E-state index contributed by atoms with van der Waals surface area (Å²) in [5.74, 6) is 0.817. The minimum Gasteiger partial charge on any atom is -0.382 e. The van der Waals surface area contributed by atoms with Crippen LogP contribution in [-0.4, -0.2) is 21.0 Å². The van der Waals surface area contributed by atoms with Gasteiger partial charge in [-0.25, -0.2) is 4.99 Å². The Hall–Kier alpha value is -3.18. The Labute approximate surface area is 149 Å². The highest BCUT2D eigenvalue weighted by Gasteiger charge is 2.12. The number of hydrogen-bond donors (Lipinski definition) is 2. The van der Waals surface area contributed by atoms with Crippen molar-refractivity contribution in [3.8, 4) is 11.1 Å². The number of amidine groups is 1. The van der Waals surface area contributed by atoms with Crippen molar-refractivity contribution in [2.75, 3.05) is 0 Å². The normalized spacial score (nSPS) is 11.8. The van der Waals surface area contributed by atoms with Crippen LogP contribution in [0.1, 0.15) is 5.69 Å². The molecule has 0 aliphatic rings. The van der Waals surface area contributed by atoms with Gasteiger partial charge in [0.25, 0.3) is 0 Å². The van der Waals surface area contributed by atoms with Gasteiger partial charge in [0.05, 0.1) is 10.5 Å². The summed E-state index contributed by atoms with van der Waals surface area (Å²) < 4.78 is 0. The van der Waals surface area contributed by atoms with Gasteiger partial charge in [0.15, 0.2) is 11.7 Å². The molecular weight excluding hydrogens is 334 g/mol. The maximum absolute atomic E-state index is 6.43. The standard InChI is InChI=1S/C19H14ClN5/c20-15-11-17-14(10-13(15)12-6-2-1-3-7-12)19(25-24-17)23-18(21)16-8-4-5-9-22-16/h1-11H,(H3,21,23,24,25). The summed E-state index contributed by atoms with van der Waals surface area (Å²) in [5, 5.41) is 8.70. The third kappa shape index (κ3) is 2.97. The number of aromatic nitrogens is 3. The second-order valence-electron chi connectivity index (χ2n) is 5.50. The zero-order valence-electron chi connectivity index (χ0n) is 13.1. The Morgan fingerprint density at radius 1 is 1.04 bits per heavy atom. The average Bonchev–Trinajstić information content (AvgIpc) is 3.04. The van der Waals surface area contributed by atoms with Crippen LogP contribution in [-0.2, 0) is 0 Å². The van der Waals surface area contributed by atoms with Gasteiger partial charge in [0, 0.05) is 17.1 Å². The lowest BCUT2D eigenvalue weighted by Gasteiger charge is -2.05. The number of aromatic amines is 1. The number of pyridine rings is 1. The molecule has 2 aromatic carbocycles. The zero-order valence-corrected chi connectivity index (χ0v) is 13.9. The summed E-state index contributed by atoms with van der Waals surface area (Å²) in [4.78, 5) is 8.63. The van der Waals surface area contributed by atoms with Crippen LogP contribution < -0.4 is 5.73 Å². The quantitative estimate of drug-likeness (QED) is 0.428. The largest absolute Gasteiger partial charge is 0.382 e. The van der Waals surface area contributed by atoms with Crippen molar-refractivity contribution >= 4 is 34.2 Å². The first-order valence-corrected chi connectivity index (χ1v) is 8.09. The molecule has 0 aliphatic heterocycles. The molecule has 5 nitrogen and oxygen atoms in total. The van der Waals surface area contributed by atoms with E-state index >= 15 is 0 Å². The summed E-state index contributed by atoms with van der Waals surface area (Å²) >= 11 is 6.43. The van der Waals surface area contributed by atoms with Crippen molar-refractivity contribution in [2.24, 2.45) is 10.7 Å².